The molecule has 0 saturated heterocycles. The highest BCUT2D eigenvalue weighted by atomic mass is 32.2. The van der Waals surface area contributed by atoms with E-state index in [1.807, 2.05) is 43.0 Å². The van der Waals surface area contributed by atoms with Crippen LogP contribution in [0.1, 0.15) is 79.6 Å². The summed E-state index contributed by atoms with van der Waals surface area (Å²) >= 11 is 0. The molecule has 2 fully saturated rings. The van der Waals surface area contributed by atoms with E-state index in [-0.39, 0.29) is 40.3 Å². The fraction of sp³-hybridized carbons (Fsp3) is 0.471. The van der Waals surface area contributed by atoms with E-state index >= 15 is 0 Å². The van der Waals surface area contributed by atoms with Crippen molar-refractivity contribution in [3.8, 4) is 11.3 Å². The number of hydrogen-bond donors (Lipinski definition) is 3. The van der Waals surface area contributed by atoms with Crippen molar-refractivity contribution in [2.45, 2.75) is 95.7 Å². The molecule has 11 heteroatoms. The Morgan fingerprint density at radius 3 is 2.42 bits per heavy atom. The van der Waals surface area contributed by atoms with Crippen LogP contribution < -0.4 is 10.0 Å². The molecule has 2 heterocycles. The molecule has 2 amide bonds. The topological polar surface area (TPSA) is 142 Å². The van der Waals surface area contributed by atoms with Gasteiger partial charge in [0.2, 0.25) is 5.95 Å². The summed E-state index contributed by atoms with van der Waals surface area (Å²) in [6.45, 7) is 8.33. The molecule has 2 saturated carbocycles. The molecule has 1 aromatic heterocycles. The van der Waals surface area contributed by atoms with E-state index < -0.39 is 16.1 Å². The maximum Gasteiger partial charge on any atom is 0.404 e. The Morgan fingerprint density at radius 2 is 1.76 bits per heavy atom. The average Bonchev–Trinajstić information content (AvgIpc) is 2.92. The van der Waals surface area contributed by atoms with Gasteiger partial charge in [-0.1, -0.05) is 38.1 Å². The van der Waals surface area contributed by atoms with Gasteiger partial charge in [0.25, 0.3) is 15.9 Å². The van der Waals surface area contributed by atoms with Gasteiger partial charge in [0.1, 0.15) is 0 Å². The summed E-state index contributed by atoms with van der Waals surface area (Å²) in [5.41, 5.74) is 4.74. The second-order valence-electron chi connectivity index (χ2n) is 13.6. The van der Waals surface area contributed by atoms with Gasteiger partial charge in [-0.15, -0.1) is 0 Å². The van der Waals surface area contributed by atoms with Gasteiger partial charge in [0, 0.05) is 34.9 Å². The first-order valence-corrected chi connectivity index (χ1v) is 17.2. The fourth-order valence-corrected chi connectivity index (χ4v) is 8.72. The van der Waals surface area contributed by atoms with Crippen LogP contribution in [-0.4, -0.2) is 58.5 Å². The number of carbonyl (C=O) groups is 2. The lowest BCUT2D eigenvalue weighted by Gasteiger charge is -2.60. The number of sulfonamides is 1. The third kappa shape index (κ3) is 6.27. The maximum absolute atomic E-state index is 14.4. The van der Waals surface area contributed by atoms with E-state index in [2.05, 4.69) is 33.9 Å². The largest absolute Gasteiger partial charge is 0.465 e. The zero-order valence-electron chi connectivity index (χ0n) is 26.2. The molecular weight excluding hydrogens is 590 g/mol. The summed E-state index contributed by atoms with van der Waals surface area (Å²) in [5, 5.41) is 11.7. The quantitative estimate of drug-likeness (QED) is 0.316. The Hall–Kier alpha value is -3.99. The number of aromatic nitrogens is 2. The van der Waals surface area contributed by atoms with Gasteiger partial charge in [0.05, 0.1) is 10.6 Å². The van der Waals surface area contributed by atoms with Gasteiger partial charge < -0.3 is 15.3 Å². The standard InChI is InChI=1S/C34H41N5O5S/c1-20(2)13-26-12-11-24-15-29(30-21(3)7-5-8-22(30)4)37-32(35-24)38-45(43,44)28-10-6-9-23(14-28)31(40)39(26)27-18-34(19-27)16-25(17-34)36-33(41)42/h5-10,14-15,20,25-27,36H,11-13,16-19H2,1-4H3,(H,41,42)(H,35,37,38)/t25?,26-,27?,34?/m0/s1. The lowest BCUT2D eigenvalue weighted by atomic mass is 9.51. The number of rotatable bonds is 5. The first kappa shape index (κ1) is 31.0. The van der Waals surface area contributed by atoms with Crippen molar-refractivity contribution < 1.29 is 23.1 Å². The molecule has 6 rings (SSSR count). The van der Waals surface area contributed by atoms with Crippen molar-refractivity contribution in [3.63, 3.8) is 0 Å². The van der Waals surface area contributed by atoms with E-state index in [1.54, 1.807) is 12.1 Å². The molecule has 238 valence electrons. The second kappa shape index (κ2) is 11.7. The van der Waals surface area contributed by atoms with E-state index in [9.17, 15) is 18.0 Å². The van der Waals surface area contributed by atoms with Crippen molar-refractivity contribution in [1.29, 1.82) is 0 Å². The first-order chi connectivity index (χ1) is 21.3. The molecule has 0 unspecified atom stereocenters. The van der Waals surface area contributed by atoms with Crippen molar-refractivity contribution in [2.24, 2.45) is 11.3 Å². The van der Waals surface area contributed by atoms with Gasteiger partial charge in [-0.3, -0.25) is 4.79 Å². The number of benzene rings is 2. The van der Waals surface area contributed by atoms with Gasteiger partial charge in [-0.05, 0) is 106 Å². The molecule has 2 aliphatic carbocycles. The van der Waals surface area contributed by atoms with Gasteiger partial charge in [0.15, 0.2) is 0 Å². The molecule has 1 aliphatic heterocycles. The van der Waals surface area contributed by atoms with E-state index in [0.717, 1.165) is 48.8 Å². The predicted molar refractivity (Wildman–Crippen MR) is 172 cm³/mol. The zero-order chi connectivity index (χ0) is 32.1. The van der Waals surface area contributed by atoms with E-state index in [4.69, 9.17) is 5.11 Å². The second-order valence-corrected chi connectivity index (χ2v) is 15.3. The molecule has 2 aromatic carbocycles. The number of anilines is 1. The van der Waals surface area contributed by atoms with Gasteiger partial charge in [-0.25, -0.2) is 27.9 Å². The summed E-state index contributed by atoms with van der Waals surface area (Å²) < 4.78 is 29.8. The van der Waals surface area contributed by atoms with Gasteiger partial charge in [-0.2, -0.15) is 0 Å². The fourth-order valence-electron chi connectivity index (χ4n) is 7.73. The number of hydrogen-bond acceptors (Lipinski definition) is 6. The number of nitrogens with one attached hydrogen (secondary N) is 2. The normalized spacial score (nSPS) is 25.7. The van der Waals surface area contributed by atoms with Crippen molar-refractivity contribution in [1.82, 2.24) is 20.2 Å². The van der Waals surface area contributed by atoms with Crippen LogP contribution in [0.5, 0.6) is 0 Å². The van der Waals surface area contributed by atoms with Crippen molar-refractivity contribution in [3.05, 3.63) is 70.9 Å². The SMILES string of the molecule is Cc1cccc(C)c1-c1cc2nc(n1)NS(=O)(=O)c1cccc(c1)C(=O)N(C1CC3(CC(NC(=O)O)C3)C1)[C@H](CC(C)C)CC2. The van der Waals surface area contributed by atoms with Crippen LogP contribution in [0.4, 0.5) is 10.7 Å². The molecule has 3 N–H and O–H groups in total. The number of carboxylic acid groups (broad SMARTS) is 1. The van der Waals surface area contributed by atoms with E-state index in [0.29, 0.717) is 35.7 Å². The molecule has 0 radical (unpaired) electrons. The lowest BCUT2D eigenvalue weighted by Crippen LogP contribution is -2.63. The average molecular weight is 632 g/mol. The highest BCUT2D eigenvalue weighted by Gasteiger charge is 2.56. The first-order valence-electron chi connectivity index (χ1n) is 15.7. The van der Waals surface area contributed by atoms with Crippen LogP contribution >= 0.6 is 0 Å². The summed E-state index contributed by atoms with van der Waals surface area (Å²) in [7, 11) is -4.09. The number of amides is 2. The summed E-state index contributed by atoms with van der Waals surface area (Å²) in [6.07, 6.45) is 4.14. The molecule has 1 spiro atoms. The molecule has 3 aromatic rings. The van der Waals surface area contributed by atoms with Crippen molar-refractivity contribution in [2.75, 3.05) is 4.72 Å². The minimum atomic E-state index is -4.09. The third-order valence-corrected chi connectivity index (χ3v) is 11.0. The predicted octanol–water partition coefficient (Wildman–Crippen LogP) is 5.94. The molecule has 3 aliphatic rings. The van der Waals surface area contributed by atoms with Crippen LogP contribution in [0.25, 0.3) is 11.3 Å². The zero-order valence-corrected chi connectivity index (χ0v) is 27.0. The Bertz CT molecular complexity index is 1720. The molecule has 10 nitrogen and oxygen atoms in total. The smallest absolute Gasteiger partial charge is 0.404 e. The van der Waals surface area contributed by atoms with Crippen LogP contribution in [0, 0.1) is 25.2 Å². The summed E-state index contributed by atoms with van der Waals surface area (Å²) in [5.74, 6) is 0.154. The Labute approximate surface area is 264 Å². The van der Waals surface area contributed by atoms with Gasteiger partial charge >= 0.3 is 6.09 Å². The van der Waals surface area contributed by atoms with E-state index in [1.165, 1.54) is 12.1 Å². The minimum absolute atomic E-state index is 0.00818. The highest BCUT2D eigenvalue weighted by Crippen LogP contribution is 2.58. The summed E-state index contributed by atoms with van der Waals surface area (Å²) in [6, 6.07) is 14.0. The third-order valence-electron chi connectivity index (χ3n) is 9.66. The molecule has 1 atom stereocenters. The molecular formula is C34H41N5O5S. The van der Waals surface area contributed by atoms with Crippen LogP contribution in [-0.2, 0) is 16.4 Å². The number of fused-ring (bicyclic) bond motifs is 4. The van der Waals surface area contributed by atoms with Crippen molar-refractivity contribution >= 4 is 28.0 Å². The minimum Gasteiger partial charge on any atom is -0.465 e. The van der Waals surface area contributed by atoms with Crippen LogP contribution in [0.3, 0.4) is 0 Å². The number of aryl methyl sites for hydroxylation is 3. The molecule has 45 heavy (non-hydrogen) atoms. The molecule has 4 bridgehead atoms. The maximum atomic E-state index is 14.4. The van der Waals surface area contributed by atoms with Crippen LogP contribution in [0.2, 0.25) is 0 Å². The Kier molecular flexibility index (Phi) is 8.09. The number of carbonyl (C=O) groups excluding carboxylic acids is 1. The van der Waals surface area contributed by atoms with Crippen LogP contribution in [0.15, 0.2) is 53.4 Å². The number of nitrogens with zero attached hydrogens (tertiary/aromatic N) is 3. The monoisotopic (exact) mass is 631 g/mol. The summed E-state index contributed by atoms with van der Waals surface area (Å²) in [4.78, 5) is 36.8. The Balaban J connectivity index is 1.40. The Morgan fingerprint density at radius 1 is 1.07 bits per heavy atom. The lowest BCUT2D eigenvalue weighted by molar-refractivity contribution is -0.0740. The highest BCUT2D eigenvalue weighted by molar-refractivity contribution is 7.92.